The SMILES string of the molecule is OC[C@H]1CCCCCN1Cc1cscn1. The summed E-state index contributed by atoms with van der Waals surface area (Å²) in [7, 11) is 0. The molecule has 0 aliphatic carbocycles. The molecule has 0 radical (unpaired) electrons. The molecule has 1 fully saturated rings. The fourth-order valence-electron chi connectivity index (χ4n) is 2.18. The second-order valence-electron chi connectivity index (χ2n) is 4.14. The van der Waals surface area contributed by atoms with Crippen LogP contribution in [-0.2, 0) is 6.54 Å². The third-order valence-electron chi connectivity index (χ3n) is 3.06. The summed E-state index contributed by atoms with van der Waals surface area (Å²) in [5.41, 5.74) is 3.02. The van der Waals surface area contributed by atoms with Gasteiger partial charge in [0.25, 0.3) is 0 Å². The van der Waals surface area contributed by atoms with Crippen molar-refractivity contribution in [3.05, 3.63) is 16.6 Å². The van der Waals surface area contributed by atoms with Crippen LogP contribution in [0.2, 0.25) is 0 Å². The molecule has 3 nitrogen and oxygen atoms in total. The molecule has 84 valence electrons. The first-order chi connectivity index (χ1) is 7.40. The van der Waals surface area contributed by atoms with Crippen molar-refractivity contribution in [2.75, 3.05) is 13.2 Å². The molecule has 0 aromatic carbocycles. The molecule has 0 saturated carbocycles. The first-order valence-corrected chi connectivity index (χ1v) is 6.56. The summed E-state index contributed by atoms with van der Waals surface area (Å²) >= 11 is 1.64. The van der Waals surface area contributed by atoms with Crippen molar-refractivity contribution in [3.8, 4) is 0 Å². The van der Waals surface area contributed by atoms with E-state index in [2.05, 4.69) is 15.3 Å². The smallest absolute Gasteiger partial charge is 0.0795 e. The second kappa shape index (κ2) is 5.58. The summed E-state index contributed by atoms with van der Waals surface area (Å²) < 4.78 is 0. The van der Waals surface area contributed by atoms with Crippen LogP contribution in [0.3, 0.4) is 0 Å². The molecule has 1 aliphatic rings. The molecule has 2 rings (SSSR count). The Labute approximate surface area is 94.8 Å². The molecule has 1 aromatic heterocycles. The van der Waals surface area contributed by atoms with Crippen molar-refractivity contribution in [2.24, 2.45) is 0 Å². The highest BCUT2D eigenvalue weighted by atomic mass is 32.1. The van der Waals surface area contributed by atoms with Crippen LogP contribution >= 0.6 is 11.3 Å². The predicted octanol–water partition coefficient (Wildman–Crippen LogP) is 1.88. The molecule has 0 spiro atoms. The fraction of sp³-hybridized carbons (Fsp3) is 0.727. The highest BCUT2D eigenvalue weighted by molar-refractivity contribution is 7.07. The number of likely N-dealkylation sites (tertiary alicyclic amines) is 1. The Morgan fingerprint density at radius 3 is 3.13 bits per heavy atom. The molecule has 15 heavy (non-hydrogen) atoms. The van der Waals surface area contributed by atoms with Crippen molar-refractivity contribution in [3.63, 3.8) is 0 Å². The average Bonchev–Trinajstić information content (AvgIpc) is 2.64. The molecule has 1 aliphatic heterocycles. The normalized spacial score (nSPS) is 23.9. The fourth-order valence-corrected chi connectivity index (χ4v) is 2.72. The summed E-state index contributed by atoms with van der Waals surface area (Å²) in [6.45, 7) is 2.28. The van der Waals surface area contributed by atoms with Gasteiger partial charge in [0, 0.05) is 18.0 Å². The van der Waals surface area contributed by atoms with Gasteiger partial charge in [0.1, 0.15) is 0 Å². The lowest BCUT2D eigenvalue weighted by atomic mass is 10.1. The van der Waals surface area contributed by atoms with Crippen molar-refractivity contribution in [1.82, 2.24) is 9.88 Å². The summed E-state index contributed by atoms with van der Waals surface area (Å²) in [5.74, 6) is 0. The number of aromatic nitrogens is 1. The number of hydrogen-bond donors (Lipinski definition) is 1. The Kier molecular flexibility index (Phi) is 4.11. The standard InChI is InChI=1S/C11H18N2OS/c14-7-11-4-2-1-3-5-13(11)6-10-8-15-9-12-10/h8-9,11,14H,1-7H2/t11-/m1/s1. The molecule has 1 aromatic rings. The Hall–Kier alpha value is -0.450. The van der Waals surface area contributed by atoms with Gasteiger partial charge in [-0.25, -0.2) is 4.98 Å². The van der Waals surface area contributed by atoms with Crippen LogP contribution < -0.4 is 0 Å². The van der Waals surface area contributed by atoms with E-state index in [-0.39, 0.29) is 6.61 Å². The molecule has 4 heteroatoms. The van der Waals surface area contributed by atoms with Crippen molar-refractivity contribution >= 4 is 11.3 Å². The quantitative estimate of drug-likeness (QED) is 0.855. The van der Waals surface area contributed by atoms with Gasteiger partial charge >= 0.3 is 0 Å². The zero-order chi connectivity index (χ0) is 10.5. The van der Waals surface area contributed by atoms with E-state index in [1.54, 1.807) is 11.3 Å². The van der Waals surface area contributed by atoms with Crippen molar-refractivity contribution < 1.29 is 5.11 Å². The highest BCUT2D eigenvalue weighted by Crippen LogP contribution is 2.18. The zero-order valence-electron chi connectivity index (χ0n) is 8.93. The minimum absolute atomic E-state index is 0.282. The number of nitrogens with zero attached hydrogens (tertiary/aromatic N) is 2. The third-order valence-corrected chi connectivity index (χ3v) is 3.69. The maximum atomic E-state index is 9.36. The van der Waals surface area contributed by atoms with E-state index < -0.39 is 0 Å². The molecular formula is C11H18N2OS. The molecule has 2 heterocycles. The zero-order valence-corrected chi connectivity index (χ0v) is 9.75. The van der Waals surface area contributed by atoms with Crippen LogP contribution in [0.25, 0.3) is 0 Å². The summed E-state index contributed by atoms with van der Waals surface area (Å²) in [4.78, 5) is 6.68. The van der Waals surface area contributed by atoms with Crippen molar-refractivity contribution in [2.45, 2.75) is 38.3 Å². The Morgan fingerprint density at radius 1 is 1.47 bits per heavy atom. The average molecular weight is 226 g/mol. The minimum atomic E-state index is 0.282. The van der Waals surface area contributed by atoms with E-state index in [9.17, 15) is 5.11 Å². The largest absolute Gasteiger partial charge is 0.395 e. The number of aliphatic hydroxyl groups is 1. The topological polar surface area (TPSA) is 36.4 Å². The second-order valence-corrected chi connectivity index (χ2v) is 4.85. The van der Waals surface area contributed by atoms with E-state index in [0.29, 0.717) is 6.04 Å². The van der Waals surface area contributed by atoms with Gasteiger partial charge in [-0.3, -0.25) is 4.90 Å². The Morgan fingerprint density at radius 2 is 2.40 bits per heavy atom. The molecule has 1 N–H and O–H groups in total. The lowest BCUT2D eigenvalue weighted by molar-refractivity contribution is 0.117. The number of thiazole rings is 1. The van der Waals surface area contributed by atoms with E-state index in [1.165, 1.54) is 19.3 Å². The maximum absolute atomic E-state index is 9.36. The Bertz CT molecular complexity index is 276. The van der Waals surface area contributed by atoms with Crippen LogP contribution in [0, 0.1) is 0 Å². The Balaban J connectivity index is 1.97. The molecule has 0 unspecified atom stereocenters. The summed E-state index contributed by atoms with van der Waals surface area (Å²) in [6.07, 6.45) is 4.92. The van der Waals surface area contributed by atoms with Gasteiger partial charge in [-0.15, -0.1) is 11.3 Å². The molecule has 0 bridgehead atoms. The van der Waals surface area contributed by atoms with Gasteiger partial charge < -0.3 is 5.11 Å². The number of hydrogen-bond acceptors (Lipinski definition) is 4. The number of aliphatic hydroxyl groups excluding tert-OH is 1. The van der Waals surface area contributed by atoms with Crippen LogP contribution in [0.15, 0.2) is 10.9 Å². The van der Waals surface area contributed by atoms with Gasteiger partial charge in [0.2, 0.25) is 0 Å². The molecule has 0 amide bonds. The van der Waals surface area contributed by atoms with Gasteiger partial charge in [-0.2, -0.15) is 0 Å². The van der Waals surface area contributed by atoms with E-state index >= 15 is 0 Å². The van der Waals surface area contributed by atoms with Gasteiger partial charge in [-0.05, 0) is 19.4 Å². The summed E-state index contributed by atoms with van der Waals surface area (Å²) in [6, 6.07) is 0.342. The minimum Gasteiger partial charge on any atom is -0.395 e. The number of rotatable bonds is 3. The maximum Gasteiger partial charge on any atom is 0.0795 e. The van der Waals surface area contributed by atoms with E-state index in [1.807, 2.05) is 5.51 Å². The highest BCUT2D eigenvalue weighted by Gasteiger charge is 2.20. The van der Waals surface area contributed by atoms with Gasteiger partial charge in [-0.1, -0.05) is 12.8 Å². The summed E-state index contributed by atoms with van der Waals surface area (Å²) in [5, 5.41) is 11.5. The lowest BCUT2D eigenvalue weighted by Crippen LogP contribution is -2.36. The van der Waals surface area contributed by atoms with Crippen LogP contribution in [0.4, 0.5) is 0 Å². The van der Waals surface area contributed by atoms with Crippen LogP contribution in [0.1, 0.15) is 31.4 Å². The molecular weight excluding hydrogens is 208 g/mol. The predicted molar refractivity (Wildman–Crippen MR) is 61.9 cm³/mol. The first-order valence-electron chi connectivity index (χ1n) is 5.62. The van der Waals surface area contributed by atoms with Crippen molar-refractivity contribution in [1.29, 1.82) is 0 Å². The third kappa shape index (κ3) is 3.00. The van der Waals surface area contributed by atoms with Crippen LogP contribution in [-0.4, -0.2) is 34.2 Å². The van der Waals surface area contributed by atoms with E-state index in [4.69, 9.17) is 0 Å². The van der Waals surface area contributed by atoms with Gasteiger partial charge in [0.05, 0.1) is 17.8 Å². The first kappa shape index (κ1) is 11.0. The van der Waals surface area contributed by atoms with Gasteiger partial charge in [0.15, 0.2) is 0 Å². The monoisotopic (exact) mass is 226 g/mol. The van der Waals surface area contributed by atoms with E-state index in [0.717, 1.165) is 25.2 Å². The lowest BCUT2D eigenvalue weighted by Gasteiger charge is -2.27. The molecule has 1 saturated heterocycles. The van der Waals surface area contributed by atoms with Crippen LogP contribution in [0.5, 0.6) is 0 Å². The molecule has 1 atom stereocenters.